The van der Waals surface area contributed by atoms with E-state index in [1.54, 1.807) is 6.07 Å². The lowest BCUT2D eigenvalue weighted by molar-refractivity contribution is -0.135. The Labute approximate surface area is 88.8 Å². The predicted octanol–water partition coefficient (Wildman–Crippen LogP) is 2.60. The van der Waals surface area contributed by atoms with Crippen LogP contribution in [0, 0.1) is 0 Å². The molecule has 0 heterocycles. The minimum atomic E-state index is -4.84. The van der Waals surface area contributed by atoms with E-state index in [-0.39, 0.29) is 11.8 Å². The molecule has 3 nitrogen and oxygen atoms in total. The number of para-hydroxylation sites is 1. The van der Waals surface area contributed by atoms with Gasteiger partial charge in [-0.15, -0.1) is 0 Å². The van der Waals surface area contributed by atoms with Gasteiger partial charge in [0.05, 0.1) is 6.08 Å². The Hall–Kier alpha value is -1.98. The Morgan fingerprint density at radius 3 is 2.25 bits per heavy atom. The van der Waals surface area contributed by atoms with E-state index < -0.39 is 17.9 Å². The largest absolute Gasteiger partial charge is 0.478 e. The second kappa shape index (κ2) is 4.69. The van der Waals surface area contributed by atoms with Crippen LogP contribution in [-0.2, 0) is 4.79 Å². The van der Waals surface area contributed by atoms with Crippen LogP contribution in [-0.4, -0.2) is 17.3 Å². The molecular formula is C10H7F3O3. The van der Waals surface area contributed by atoms with Gasteiger partial charge in [-0.05, 0) is 12.1 Å². The first-order valence-corrected chi connectivity index (χ1v) is 4.14. The summed E-state index contributed by atoms with van der Waals surface area (Å²) < 4.78 is 41.4. The van der Waals surface area contributed by atoms with Gasteiger partial charge < -0.3 is 9.84 Å². The molecule has 0 spiro atoms. The van der Waals surface area contributed by atoms with Crippen LogP contribution in [0.5, 0.6) is 5.75 Å². The molecule has 0 aliphatic rings. The fourth-order valence-corrected chi connectivity index (χ4v) is 0.897. The number of halogens is 3. The van der Waals surface area contributed by atoms with E-state index in [9.17, 15) is 18.0 Å². The van der Waals surface area contributed by atoms with E-state index in [1.165, 1.54) is 24.3 Å². The van der Waals surface area contributed by atoms with Gasteiger partial charge in [0.25, 0.3) is 0 Å². The van der Waals surface area contributed by atoms with Crippen molar-refractivity contribution in [2.75, 3.05) is 0 Å². The van der Waals surface area contributed by atoms with Crippen LogP contribution in [0.25, 0.3) is 0 Å². The van der Waals surface area contributed by atoms with E-state index in [4.69, 9.17) is 5.11 Å². The van der Waals surface area contributed by atoms with Crippen molar-refractivity contribution in [1.82, 2.24) is 0 Å². The molecule has 0 unspecified atom stereocenters. The quantitative estimate of drug-likeness (QED) is 0.643. The van der Waals surface area contributed by atoms with E-state index in [0.29, 0.717) is 0 Å². The minimum Gasteiger partial charge on any atom is -0.478 e. The van der Waals surface area contributed by atoms with Crippen LogP contribution in [0.1, 0.15) is 0 Å². The highest BCUT2D eigenvalue weighted by Gasteiger charge is 2.37. The zero-order valence-corrected chi connectivity index (χ0v) is 7.86. The van der Waals surface area contributed by atoms with Gasteiger partial charge >= 0.3 is 12.1 Å². The number of ether oxygens (including phenoxy) is 1. The number of carbonyl (C=O) groups is 1. The Morgan fingerprint density at radius 1 is 1.25 bits per heavy atom. The normalized spacial score (nSPS) is 12.3. The third-order valence-corrected chi connectivity index (χ3v) is 1.50. The van der Waals surface area contributed by atoms with E-state index in [1.807, 2.05) is 0 Å². The summed E-state index contributed by atoms with van der Waals surface area (Å²) in [7, 11) is 0. The SMILES string of the molecule is O=C(O)/C=C(/Oc1ccccc1)C(F)(F)F. The van der Waals surface area contributed by atoms with E-state index in [2.05, 4.69) is 4.74 Å². The molecule has 0 bridgehead atoms. The highest BCUT2D eigenvalue weighted by atomic mass is 19.4. The second-order valence-electron chi connectivity index (χ2n) is 2.76. The maximum Gasteiger partial charge on any atom is 0.449 e. The molecule has 0 radical (unpaired) electrons. The predicted molar refractivity (Wildman–Crippen MR) is 48.8 cm³/mol. The van der Waals surface area contributed by atoms with Crippen LogP contribution in [0.3, 0.4) is 0 Å². The first kappa shape index (κ1) is 12.1. The molecule has 0 saturated carbocycles. The van der Waals surface area contributed by atoms with Crippen LogP contribution >= 0.6 is 0 Å². The molecule has 0 aliphatic carbocycles. The van der Waals surface area contributed by atoms with Crippen LogP contribution < -0.4 is 4.74 Å². The summed E-state index contributed by atoms with van der Waals surface area (Å²) in [6.45, 7) is 0. The lowest BCUT2D eigenvalue weighted by Crippen LogP contribution is -2.18. The van der Waals surface area contributed by atoms with Crippen molar-refractivity contribution in [2.24, 2.45) is 0 Å². The van der Waals surface area contributed by atoms with Gasteiger partial charge in [-0.25, -0.2) is 4.79 Å². The van der Waals surface area contributed by atoms with Gasteiger partial charge in [0.1, 0.15) is 5.75 Å². The Morgan fingerprint density at radius 2 is 1.81 bits per heavy atom. The van der Waals surface area contributed by atoms with Crippen molar-refractivity contribution < 1.29 is 27.8 Å². The number of carboxylic acids is 1. The second-order valence-corrected chi connectivity index (χ2v) is 2.76. The molecule has 0 fully saturated rings. The number of benzene rings is 1. The Kier molecular flexibility index (Phi) is 3.55. The number of allylic oxidation sites excluding steroid dienone is 1. The zero-order valence-electron chi connectivity index (χ0n) is 7.86. The monoisotopic (exact) mass is 232 g/mol. The van der Waals surface area contributed by atoms with E-state index in [0.717, 1.165) is 0 Å². The van der Waals surface area contributed by atoms with Gasteiger partial charge in [0.2, 0.25) is 5.76 Å². The molecule has 1 N–H and O–H groups in total. The zero-order chi connectivity index (χ0) is 12.2. The molecule has 6 heteroatoms. The molecular weight excluding hydrogens is 225 g/mol. The molecule has 16 heavy (non-hydrogen) atoms. The fraction of sp³-hybridized carbons (Fsp3) is 0.100. The molecule has 1 aromatic rings. The van der Waals surface area contributed by atoms with Gasteiger partial charge in [0.15, 0.2) is 0 Å². The van der Waals surface area contributed by atoms with Gasteiger partial charge in [-0.1, -0.05) is 18.2 Å². The van der Waals surface area contributed by atoms with Crippen molar-refractivity contribution in [2.45, 2.75) is 6.18 Å². The summed E-state index contributed by atoms with van der Waals surface area (Å²) in [5.41, 5.74) is 0. The van der Waals surface area contributed by atoms with Crippen molar-refractivity contribution >= 4 is 5.97 Å². The summed E-state index contributed by atoms with van der Waals surface area (Å²) in [5, 5.41) is 8.27. The summed E-state index contributed by atoms with van der Waals surface area (Å²) in [6.07, 6.45) is -4.86. The van der Waals surface area contributed by atoms with Crippen molar-refractivity contribution in [1.29, 1.82) is 0 Å². The van der Waals surface area contributed by atoms with Crippen LogP contribution in [0.15, 0.2) is 42.2 Å². The van der Waals surface area contributed by atoms with Crippen molar-refractivity contribution in [3.63, 3.8) is 0 Å². The third kappa shape index (κ3) is 3.64. The topological polar surface area (TPSA) is 46.5 Å². The summed E-state index contributed by atoms with van der Waals surface area (Å²) >= 11 is 0. The summed E-state index contributed by atoms with van der Waals surface area (Å²) in [4.78, 5) is 10.2. The molecule has 0 atom stereocenters. The van der Waals surface area contributed by atoms with Gasteiger partial charge in [-0.3, -0.25) is 0 Å². The summed E-state index contributed by atoms with van der Waals surface area (Å²) in [5.74, 6) is -3.36. The number of hydrogen-bond donors (Lipinski definition) is 1. The maximum absolute atomic E-state index is 12.3. The number of rotatable bonds is 3. The van der Waals surface area contributed by atoms with Crippen molar-refractivity contribution in [3.05, 3.63) is 42.2 Å². The molecule has 1 rings (SSSR count). The third-order valence-electron chi connectivity index (χ3n) is 1.50. The Bertz CT molecular complexity index is 396. The Balaban J connectivity index is 2.93. The highest BCUT2D eigenvalue weighted by Crippen LogP contribution is 2.28. The molecule has 0 saturated heterocycles. The molecule has 86 valence electrons. The number of alkyl halides is 3. The van der Waals surface area contributed by atoms with Crippen LogP contribution in [0.2, 0.25) is 0 Å². The molecule has 1 aromatic carbocycles. The van der Waals surface area contributed by atoms with E-state index >= 15 is 0 Å². The van der Waals surface area contributed by atoms with Gasteiger partial charge in [0, 0.05) is 0 Å². The number of carboxylic acid groups (broad SMARTS) is 1. The minimum absolute atomic E-state index is 0.0208. The lowest BCUT2D eigenvalue weighted by atomic mass is 10.3. The average Bonchev–Trinajstić information content (AvgIpc) is 2.16. The first-order valence-electron chi connectivity index (χ1n) is 4.14. The first-order chi connectivity index (χ1) is 7.39. The molecule has 0 aliphatic heterocycles. The average molecular weight is 232 g/mol. The summed E-state index contributed by atoms with van der Waals surface area (Å²) in [6, 6.07) is 7.14. The fourth-order valence-electron chi connectivity index (χ4n) is 0.897. The maximum atomic E-state index is 12.3. The molecule has 0 amide bonds. The highest BCUT2D eigenvalue weighted by molar-refractivity contribution is 5.80. The number of aliphatic carboxylic acids is 1. The number of hydrogen-bond acceptors (Lipinski definition) is 2. The molecule has 0 aromatic heterocycles. The smallest absolute Gasteiger partial charge is 0.449 e. The standard InChI is InChI=1S/C10H7F3O3/c11-10(12,13)8(6-9(14)15)16-7-4-2-1-3-5-7/h1-6H,(H,14,15)/b8-6+. The lowest BCUT2D eigenvalue weighted by Gasteiger charge is -2.12. The van der Waals surface area contributed by atoms with Crippen molar-refractivity contribution in [3.8, 4) is 5.75 Å². The van der Waals surface area contributed by atoms with Gasteiger partial charge in [-0.2, -0.15) is 13.2 Å². The van der Waals surface area contributed by atoms with Crippen LogP contribution in [0.4, 0.5) is 13.2 Å².